The summed E-state index contributed by atoms with van der Waals surface area (Å²) in [5.74, 6) is 0.0950. The maximum Gasteiger partial charge on any atom is 0.171 e. The summed E-state index contributed by atoms with van der Waals surface area (Å²) >= 11 is 1.56. The first-order valence-electron chi connectivity index (χ1n) is 3.68. The van der Waals surface area contributed by atoms with Crippen molar-refractivity contribution in [2.45, 2.75) is 11.9 Å². The molecule has 0 amide bonds. The van der Waals surface area contributed by atoms with Crippen LogP contribution in [0.5, 0.6) is 0 Å². The summed E-state index contributed by atoms with van der Waals surface area (Å²) < 4.78 is 0. The number of nitrogens with zero attached hydrogens (tertiary/aromatic N) is 2. The van der Waals surface area contributed by atoms with E-state index < -0.39 is 0 Å². The quantitative estimate of drug-likeness (QED) is 0.246. The van der Waals surface area contributed by atoms with Crippen molar-refractivity contribution in [3.63, 3.8) is 0 Å². The van der Waals surface area contributed by atoms with E-state index in [2.05, 4.69) is 10.1 Å². The lowest BCUT2D eigenvalue weighted by Gasteiger charge is -2.03. The molecule has 13 heavy (non-hydrogen) atoms. The Bertz CT molecular complexity index is 338. The highest BCUT2D eigenvalue weighted by molar-refractivity contribution is 7.98. The number of hydrogen-bond acceptors (Lipinski definition) is 4. The third kappa shape index (κ3) is 2.12. The molecule has 1 aromatic heterocycles. The van der Waals surface area contributed by atoms with Gasteiger partial charge in [0.15, 0.2) is 5.84 Å². The molecule has 3 N–H and O–H groups in total. The van der Waals surface area contributed by atoms with Crippen LogP contribution in [0.4, 0.5) is 0 Å². The van der Waals surface area contributed by atoms with Crippen molar-refractivity contribution in [2.24, 2.45) is 10.9 Å². The minimum absolute atomic E-state index is 0.0950. The Kier molecular flexibility index (Phi) is 3.13. The average molecular weight is 197 g/mol. The SMILES string of the molecule is CSc1ccc(/C(N)=N/O)c(C)n1. The van der Waals surface area contributed by atoms with Gasteiger partial charge in [0, 0.05) is 11.3 Å². The minimum atomic E-state index is 0.0950. The van der Waals surface area contributed by atoms with Crippen LogP contribution in [0.2, 0.25) is 0 Å². The van der Waals surface area contributed by atoms with Gasteiger partial charge >= 0.3 is 0 Å². The molecule has 1 heterocycles. The van der Waals surface area contributed by atoms with Crippen LogP contribution in [0.1, 0.15) is 11.3 Å². The molecule has 0 fully saturated rings. The Labute approximate surface area is 80.9 Å². The van der Waals surface area contributed by atoms with Gasteiger partial charge in [0.25, 0.3) is 0 Å². The molecule has 0 aliphatic rings. The molecular formula is C8H11N3OS. The van der Waals surface area contributed by atoms with Crippen LogP contribution < -0.4 is 5.73 Å². The maximum absolute atomic E-state index is 8.47. The van der Waals surface area contributed by atoms with Crippen molar-refractivity contribution in [3.8, 4) is 0 Å². The van der Waals surface area contributed by atoms with Crippen molar-refractivity contribution < 1.29 is 5.21 Å². The Morgan fingerprint density at radius 1 is 1.62 bits per heavy atom. The zero-order valence-corrected chi connectivity index (χ0v) is 8.30. The first-order chi connectivity index (χ1) is 6.19. The summed E-state index contributed by atoms with van der Waals surface area (Å²) in [6.45, 7) is 1.83. The summed E-state index contributed by atoms with van der Waals surface area (Å²) in [7, 11) is 0. The highest BCUT2D eigenvalue weighted by atomic mass is 32.2. The fourth-order valence-electron chi connectivity index (χ4n) is 0.976. The zero-order valence-electron chi connectivity index (χ0n) is 7.48. The van der Waals surface area contributed by atoms with Gasteiger partial charge in [-0.25, -0.2) is 4.98 Å². The van der Waals surface area contributed by atoms with Crippen molar-refractivity contribution in [3.05, 3.63) is 23.4 Å². The van der Waals surface area contributed by atoms with E-state index in [0.29, 0.717) is 5.56 Å². The van der Waals surface area contributed by atoms with Gasteiger partial charge in [0.1, 0.15) is 0 Å². The second kappa shape index (κ2) is 4.13. The molecule has 70 valence electrons. The van der Waals surface area contributed by atoms with E-state index in [1.807, 2.05) is 19.2 Å². The van der Waals surface area contributed by atoms with E-state index in [1.165, 1.54) is 0 Å². The molecule has 5 heteroatoms. The molecule has 1 aromatic rings. The number of thioether (sulfide) groups is 1. The predicted molar refractivity (Wildman–Crippen MR) is 53.3 cm³/mol. The van der Waals surface area contributed by atoms with E-state index in [1.54, 1.807) is 17.8 Å². The molecule has 0 radical (unpaired) electrons. The average Bonchev–Trinajstić information content (AvgIpc) is 2.16. The number of rotatable bonds is 2. The number of aryl methyl sites for hydroxylation is 1. The van der Waals surface area contributed by atoms with Crippen molar-refractivity contribution in [1.82, 2.24) is 4.98 Å². The van der Waals surface area contributed by atoms with Crippen LogP contribution in [0.15, 0.2) is 22.3 Å². The Balaban J connectivity index is 3.12. The van der Waals surface area contributed by atoms with E-state index in [9.17, 15) is 0 Å². The van der Waals surface area contributed by atoms with Crippen molar-refractivity contribution in [2.75, 3.05) is 6.26 Å². The second-order valence-electron chi connectivity index (χ2n) is 2.47. The summed E-state index contributed by atoms with van der Waals surface area (Å²) in [4.78, 5) is 4.25. The largest absolute Gasteiger partial charge is 0.409 e. The minimum Gasteiger partial charge on any atom is -0.409 e. The zero-order chi connectivity index (χ0) is 9.84. The summed E-state index contributed by atoms with van der Waals surface area (Å²) in [6, 6.07) is 3.63. The van der Waals surface area contributed by atoms with Gasteiger partial charge in [0.05, 0.1) is 5.03 Å². The lowest BCUT2D eigenvalue weighted by Crippen LogP contribution is -2.15. The van der Waals surface area contributed by atoms with Gasteiger partial charge in [-0.05, 0) is 25.3 Å². The van der Waals surface area contributed by atoms with Crippen molar-refractivity contribution in [1.29, 1.82) is 0 Å². The van der Waals surface area contributed by atoms with Crippen LogP contribution in [-0.2, 0) is 0 Å². The van der Waals surface area contributed by atoms with E-state index >= 15 is 0 Å². The van der Waals surface area contributed by atoms with Gasteiger partial charge in [0.2, 0.25) is 0 Å². The van der Waals surface area contributed by atoms with Crippen LogP contribution in [-0.4, -0.2) is 22.3 Å². The van der Waals surface area contributed by atoms with E-state index in [4.69, 9.17) is 10.9 Å². The fraction of sp³-hybridized carbons (Fsp3) is 0.250. The van der Waals surface area contributed by atoms with Crippen LogP contribution >= 0.6 is 11.8 Å². The fourth-order valence-corrected chi connectivity index (χ4v) is 1.41. The molecule has 0 saturated heterocycles. The first-order valence-corrected chi connectivity index (χ1v) is 4.91. The number of pyridine rings is 1. The highest BCUT2D eigenvalue weighted by Gasteiger charge is 2.04. The van der Waals surface area contributed by atoms with Crippen LogP contribution in [0, 0.1) is 6.92 Å². The summed E-state index contributed by atoms with van der Waals surface area (Å²) in [5, 5.41) is 12.3. The molecule has 0 unspecified atom stereocenters. The lowest BCUT2D eigenvalue weighted by molar-refractivity contribution is 0.318. The van der Waals surface area contributed by atoms with E-state index in [-0.39, 0.29) is 5.84 Å². The van der Waals surface area contributed by atoms with Gasteiger partial charge < -0.3 is 10.9 Å². The van der Waals surface area contributed by atoms with Gasteiger partial charge in [-0.1, -0.05) is 5.16 Å². The highest BCUT2D eigenvalue weighted by Crippen LogP contribution is 2.14. The number of oxime groups is 1. The standard InChI is InChI=1S/C8H11N3OS/c1-5-6(8(9)11-12)3-4-7(10-5)13-2/h3-4,12H,1-2H3,(H2,9,11). The van der Waals surface area contributed by atoms with Gasteiger partial charge in [-0.2, -0.15) is 0 Å². The van der Waals surface area contributed by atoms with Crippen molar-refractivity contribution >= 4 is 17.6 Å². The molecule has 0 saturated carbocycles. The predicted octanol–water partition coefficient (Wildman–Crippen LogP) is 1.21. The normalized spacial score (nSPS) is 11.7. The van der Waals surface area contributed by atoms with Gasteiger partial charge in [-0.3, -0.25) is 0 Å². The molecule has 4 nitrogen and oxygen atoms in total. The Morgan fingerprint density at radius 3 is 2.77 bits per heavy atom. The molecule has 0 atom stereocenters. The third-order valence-corrected chi connectivity index (χ3v) is 2.30. The smallest absolute Gasteiger partial charge is 0.171 e. The number of nitrogens with two attached hydrogens (primary N) is 1. The van der Waals surface area contributed by atoms with E-state index in [0.717, 1.165) is 10.7 Å². The number of hydrogen-bond donors (Lipinski definition) is 2. The third-order valence-electron chi connectivity index (χ3n) is 1.65. The molecular weight excluding hydrogens is 186 g/mol. The molecule has 0 aliphatic heterocycles. The van der Waals surface area contributed by atoms with Crippen LogP contribution in [0.25, 0.3) is 0 Å². The van der Waals surface area contributed by atoms with Crippen LogP contribution in [0.3, 0.4) is 0 Å². The topological polar surface area (TPSA) is 71.5 Å². The maximum atomic E-state index is 8.47. The molecule has 0 spiro atoms. The first kappa shape index (κ1) is 9.85. The Hall–Kier alpha value is -1.23. The van der Waals surface area contributed by atoms with Gasteiger partial charge in [-0.15, -0.1) is 11.8 Å². The summed E-state index contributed by atoms with van der Waals surface area (Å²) in [6.07, 6.45) is 1.95. The monoisotopic (exact) mass is 197 g/mol. The lowest BCUT2D eigenvalue weighted by atomic mass is 10.2. The molecule has 0 bridgehead atoms. The molecule has 1 rings (SSSR count). The summed E-state index contributed by atoms with van der Waals surface area (Å²) in [5.41, 5.74) is 6.87. The second-order valence-corrected chi connectivity index (χ2v) is 3.30. The number of aromatic nitrogens is 1. The number of amidine groups is 1. The molecule has 0 aromatic carbocycles. The Morgan fingerprint density at radius 2 is 2.31 bits per heavy atom. The molecule has 0 aliphatic carbocycles.